The van der Waals surface area contributed by atoms with Gasteiger partial charge in [0, 0.05) is 4.88 Å². The molecule has 0 unspecified atom stereocenters. The number of fused-ring (bicyclic) bond motifs is 1. The van der Waals surface area contributed by atoms with Crippen molar-refractivity contribution in [2.75, 3.05) is 16.5 Å². The molecule has 2 aromatic heterocycles. The minimum absolute atomic E-state index is 0.150. The van der Waals surface area contributed by atoms with Gasteiger partial charge in [0.15, 0.2) is 0 Å². The number of nitriles is 1. The summed E-state index contributed by atoms with van der Waals surface area (Å²) in [6, 6.07) is 12.0. The lowest BCUT2D eigenvalue weighted by atomic mass is 10.1. The molecule has 30 heavy (non-hydrogen) atoms. The molecule has 0 atom stereocenters. The Kier molecular flexibility index (Phi) is 6.11. The molecule has 0 radical (unpaired) electrons. The number of nitrogens with zero attached hydrogens (tertiary/aromatic N) is 4. The third-order valence-electron chi connectivity index (χ3n) is 4.60. The maximum Gasteiger partial charge on any atom is 0.240 e. The second kappa shape index (κ2) is 9.11. The number of hydrogen-bond acceptors (Lipinski definition) is 8. The van der Waals surface area contributed by atoms with Crippen LogP contribution in [0, 0.1) is 11.3 Å². The molecular weight excluding hydrogens is 418 g/mol. The Hall–Kier alpha value is -3.16. The number of carbonyl (C=O) groups is 1. The van der Waals surface area contributed by atoms with Crippen LogP contribution in [-0.4, -0.2) is 32.6 Å². The average Bonchev–Trinajstić information content (AvgIpc) is 3.47. The first-order valence-electron chi connectivity index (χ1n) is 9.39. The van der Waals surface area contributed by atoms with E-state index in [0.29, 0.717) is 21.7 Å². The summed E-state index contributed by atoms with van der Waals surface area (Å²) >= 11 is 2.72. The maximum absolute atomic E-state index is 12.3. The zero-order chi connectivity index (χ0) is 20.9. The van der Waals surface area contributed by atoms with Crippen molar-refractivity contribution >= 4 is 45.7 Å². The number of nitrogens with one attached hydrogen (secondary N) is 3. The molecule has 1 aliphatic carbocycles. The van der Waals surface area contributed by atoms with Crippen molar-refractivity contribution in [3.05, 3.63) is 51.9 Å². The van der Waals surface area contributed by atoms with E-state index in [2.05, 4.69) is 37.1 Å². The highest BCUT2D eigenvalue weighted by atomic mass is 32.2. The van der Waals surface area contributed by atoms with Crippen LogP contribution in [-0.2, 0) is 17.6 Å². The Bertz CT molecular complexity index is 1130. The number of amides is 1. The molecule has 3 N–H and O–H groups in total. The Morgan fingerprint density at radius 1 is 1.37 bits per heavy atom. The SMILES string of the molecule is C/C(=N\Nc1nc(SCC(=O)Nc2sc3c(c2C#N)CCC3)n[nH]1)c1ccccc1. The molecule has 1 aliphatic rings. The zero-order valence-electron chi connectivity index (χ0n) is 16.2. The van der Waals surface area contributed by atoms with Gasteiger partial charge in [-0.2, -0.15) is 15.3 Å². The first-order valence-corrected chi connectivity index (χ1v) is 11.2. The number of rotatable bonds is 7. The van der Waals surface area contributed by atoms with Gasteiger partial charge in [0.1, 0.15) is 11.1 Å². The Morgan fingerprint density at radius 2 is 2.20 bits per heavy atom. The lowest BCUT2D eigenvalue weighted by Crippen LogP contribution is -2.14. The number of hydrazone groups is 1. The van der Waals surface area contributed by atoms with Gasteiger partial charge in [-0.25, -0.2) is 10.5 Å². The second-order valence-electron chi connectivity index (χ2n) is 6.65. The first kappa shape index (κ1) is 20.1. The number of thioether (sulfide) groups is 1. The fourth-order valence-corrected chi connectivity index (χ4v) is 5.00. The van der Waals surface area contributed by atoms with Crippen molar-refractivity contribution < 1.29 is 4.79 Å². The molecule has 10 heteroatoms. The highest BCUT2D eigenvalue weighted by molar-refractivity contribution is 7.99. The minimum Gasteiger partial charge on any atom is -0.316 e. The normalized spacial score (nSPS) is 13.0. The van der Waals surface area contributed by atoms with Crippen molar-refractivity contribution in [2.24, 2.45) is 5.10 Å². The van der Waals surface area contributed by atoms with Gasteiger partial charge in [0.2, 0.25) is 17.0 Å². The van der Waals surface area contributed by atoms with Crippen molar-refractivity contribution in [2.45, 2.75) is 31.3 Å². The molecule has 8 nitrogen and oxygen atoms in total. The highest BCUT2D eigenvalue weighted by Gasteiger charge is 2.23. The number of thiophene rings is 1. The number of H-pyrrole nitrogens is 1. The van der Waals surface area contributed by atoms with E-state index < -0.39 is 0 Å². The van der Waals surface area contributed by atoms with Gasteiger partial charge in [-0.1, -0.05) is 42.1 Å². The first-order chi connectivity index (χ1) is 14.6. The van der Waals surface area contributed by atoms with Crippen LogP contribution < -0.4 is 10.7 Å². The number of carbonyl (C=O) groups excluding carboxylic acids is 1. The molecule has 1 amide bonds. The van der Waals surface area contributed by atoms with Gasteiger partial charge in [-0.3, -0.25) is 4.79 Å². The predicted octanol–water partition coefficient (Wildman–Crippen LogP) is 3.79. The lowest BCUT2D eigenvalue weighted by Gasteiger charge is -2.02. The molecule has 1 aromatic carbocycles. The van der Waals surface area contributed by atoms with Gasteiger partial charge in [-0.05, 0) is 37.3 Å². The topological polar surface area (TPSA) is 119 Å². The monoisotopic (exact) mass is 437 g/mol. The van der Waals surface area contributed by atoms with Gasteiger partial charge >= 0.3 is 0 Å². The summed E-state index contributed by atoms with van der Waals surface area (Å²) in [6.07, 6.45) is 2.98. The number of benzene rings is 1. The van der Waals surface area contributed by atoms with E-state index in [1.54, 1.807) is 0 Å². The van der Waals surface area contributed by atoms with E-state index in [0.717, 1.165) is 36.1 Å². The number of aryl methyl sites for hydroxylation is 1. The summed E-state index contributed by atoms with van der Waals surface area (Å²) in [5, 5.41) is 24.5. The molecule has 0 spiro atoms. The van der Waals surface area contributed by atoms with E-state index >= 15 is 0 Å². The highest BCUT2D eigenvalue weighted by Crippen LogP contribution is 2.38. The van der Waals surface area contributed by atoms with Gasteiger partial charge < -0.3 is 5.32 Å². The second-order valence-corrected chi connectivity index (χ2v) is 8.70. The van der Waals surface area contributed by atoms with Gasteiger partial charge in [0.05, 0.1) is 17.0 Å². The van der Waals surface area contributed by atoms with Crippen LogP contribution in [0.2, 0.25) is 0 Å². The summed E-state index contributed by atoms with van der Waals surface area (Å²) in [4.78, 5) is 17.8. The molecule has 2 heterocycles. The van der Waals surface area contributed by atoms with Gasteiger partial charge in [0.25, 0.3) is 0 Å². The van der Waals surface area contributed by atoms with E-state index in [-0.39, 0.29) is 11.7 Å². The van der Waals surface area contributed by atoms with Crippen LogP contribution in [0.4, 0.5) is 10.9 Å². The zero-order valence-corrected chi connectivity index (χ0v) is 17.9. The molecular formula is C20H19N7OS2. The fraction of sp³-hybridized carbons (Fsp3) is 0.250. The van der Waals surface area contributed by atoms with E-state index in [9.17, 15) is 10.1 Å². The Labute approximate surface area is 181 Å². The molecule has 0 saturated carbocycles. The molecule has 0 aliphatic heterocycles. The number of aromatic amines is 1. The minimum atomic E-state index is -0.186. The van der Waals surface area contributed by atoms with Crippen LogP contribution in [0.5, 0.6) is 0 Å². The Morgan fingerprint density at radius 3 is 3.00 bits per heavy atom. The molecule has 0 saturated heterocycles. The molecule has 152 valence electrons. The van der Waals surface area contributed by atoms with Gasteiger partial charge in [-0.15, -0.1) is 16.4 Å². The maximum atomic E-state index is 12.3. The van der Waals surface area contributed by atoms with E-state index in [1.165, 1.54) is 28.0 Å². The van der Waals surface area contributed by atoms with Crippen LogP contribution >= 0.6 is 23.1 Å². The molecule has 0 bridgehead atoms. The van der Waals surface area contributed by atoms with Crippen molar-refractivity contribution in [3.8, 4) is 6.07 Å². The smallest absolute Gasteiger partial charge is 0.240 e. The van der Waals surface area contributed by atoms with Crippen LogP contribution in [0.1, 0.15) is 34.9 Å². The summed E-state index contributed by atoms with van der Waals surface area (Å²) in [7, 11) is 0. The number of hydrogen-bond donors (Lipinski definition) is 3. The summed E-state index contributed by atoms with van der Waals surface area (Å²) < 4.78 is 0. The van der Waals surface area contributed by atoms with Crippen LogP contribution in [0.25, 0.3) is 0 Å². The van der Waals surface area contributed by atoms with E-state index in [1.807, 2.05) is 37.3 Å². The lowest BCUT2D eigenvalue weighted by molar-refractivity contribution is -0.113. The fourth-order valence-electron chi connectivity index (χ4n) is 3.15. The molecule has 0 fully saturated rings. The third kappa shape index (κ3) is 4.53. The largest absolute Gasteiger partial charge is 0.316 e. The van der Waals surface area contributed by atoms with Crippen molar-refractivity contribution in [1.82, 2.24) is 15.2 Å². The Balaban J connectivity index is 1.30. The van der Waals surface area contributed by atoms with Crippen molar-refractivity contribution in [1.29, 1.82) is 5.26 Å². The number of aromatic nitrogens is 3. The van der Waals surface area contributed by atoms with Crippen molar-refractivity contribution in [3.63, 3.8) is 0 Å². The number of anilines is 2. The summed E-state index contributed by atoms with van der Waals surface area (Å²) in [5.41, 5.74) is 6.37. The average molecular weight is 438 g/mol. The van der Waals surface area contributed by atoms with Crippen LogP contribution in [0.3, 0.4) is 0 Å². The third-order valence-corrected chi connectivity index (χ3v) is 6.66. The van der Waals surface area contributed by atoms with E-state index in [4.69, 9.17) is 0 Å². The molecule has 3 aromatic rings. The quantitative estimate of drug-likeness (QED) is 0.294. The predicted molar refractivity (Wildman–Crippen MR) is 119 cm³/mol. The molecule has 4 rings (SSSR count). The summed E-state index contributed by atoms with van der Waals surface area (Å²) in [6.45, 7) is 1.90. The standard InChI is InChI=1S/C20H19N7OS2/c1-12(13-6-3-2-4-7-13)24-25-19-23-20(27-26-19)29-11-17(28)22-18-15(10-21)14-8-5-9-16(14)30-18/h2-4,6-7H,5,8-9,11H2,1H3,(H,22,28)(H2,23,25,26,27)/b24-12+. The van der Waals surface area contributed by atoms with Crippen LogP contribution in [0.15, 0.2) is 40.6 Å². The summed E-state index contributed by atoms with van der Waals surface area (Å²) in [5.74, 6) is 0.361.